The maximum Gasteiger partial charge on any atom is 0.265 e. The van der Waals surface area contributed by atoms with Crippen LogP contribution in [0.1, 0.15) is 11.1 Å². The van der Waals surface area contributed by atoms with E-state index in [2.05, 4.69) is 15.9 Å². The van der Waals surface area contributed by atoms with Crippen LogP contribution >= 0.6 is 15.9 Å². The second-order valence-electron chi connectivity index (χ2n) is 3.23. The SMILES string of the molecule is Cc1cc(CCS(=O)(=O)O)c(F)cc1Br. The molecule has 0 aromatic heterocycles. The third kappa shape index (κ3) is 3.89. The Morgan fingerprint density at radius 1 is 1.47 bits per heavy atom. The average Bonchev–Trinajstić information content (AvgIpc) is 2.07. The molecule has 15 heavy (non-hydrogen) atoms. The van der Waals surface area contributed by atoms with E-state index in [9.17, 15) is 12.8 Å². The van der Waals surface area contributed by atoms with Gasteiger partial charge in [0.05, 0.1) is 5.75 Å². The van der Waals surface area contributed by atoms with Crippen molar-refractivity contribution >= 4 is 26.0 Å². The molecule has 0 radical (unpaired) electrons. The van der Waals surface area contributed by atoms with Crippen LogP contribution in [0.4, 0.5) is 4.39 Å². The molecule has 1 N–H and O–H groups in total. The highest BCUT2D eigenvalue weighted by Crippen LogP contribution is 2.21. The Morgan fingerprint density at radius 2 is 2.07 bits per heavy atom. The van der Waals surface area contributed by atoms with E-state index < -0.39 is 21.7 Å². The van der Waals surface area contributed by atoms with Gasteiger partial charge in [0, 0.05) is 4.47 Å². The second kappa shape index (κ2) is 4.59. The second-order valence-corrected chi connectivity index (χ2v) is 5.66. The van der Waals surface area contributed by atoms with Gasteiger partial charge in [0.25, 0.3) is 10.1 Å². The maximum atomic E-state index is 13.3. The fourth-order valence-electron chi connectivity index (χ4n) is 1.15. The molecule has 0 saturated carbocycles. The molecule has 0 atom stereocenters. The summed E-state index contributed by atoms with van der Waals surface area (Å²) in [5, 5.41) is 0. The van der Waals surface area contributed by atoms with Crippen molar-refractivity contribution in [1.29, 1.82) is 0 Å². The molecule has 0 aliphatic rings. The predicted octanol–water partition coefficient (Wildman–Crippen LogP) is 2.33. The molecule has 0 fully saturated rings. The molecule has 0 aliphatic heterocycles. The summed E-state index contributed by atoms with van der Waals surface area (Å²) < 4.78 is 43.5. The van der Waals surface area contributed by atoms with Crippen LogP contribution in [-0.2, 0) is 16.5 Å². The van der Waals surface area contributed by atoms with Crippen LogP contribution in [0.25, 0.3) is 0 Å². The van der Waals surface area contributed by atoms with Crippen LogP contribution in [0.3, 0.4) is 0 Å². The molecule has 0 spiro atoms. The number of halogens is 2. The average molecular weight is 297 g/mol. The van der Waals surface area contributed by atoms with Crippen molar-refractivity contribution < 1.29 is 17.4 Å². The van der Waals surface area contributed by atoms with Gasteiger partial charge in [-0.25, -0.2) is 4.39 Å². The monoisotopic (exact) mass is 296 g/mol. The molecule has 0 bridgehead atoms. The third-order valence-electron chi connectivity index (χ3n) is 1.96. The van der Waals surface area contributed by atoms with E-state index in [1.807, 2.05) is 0 Å². The normalized spacial score (nSPS) is 11.7. The molecule has 0 heterocycles. The van der Waals surface area contributed by atoms with Crippen molar-refractivity contribution in [2.24, 2.45) is 0 Å². The minimum Gasteiger partial charge on any atom is -0.286 e. The van der Waals surface area contributed by atoms with E-state index in [4.69, 9.17) is 4.55 Å². The summed E-state index contributed by atoms with van der Waals surface area (Å²) in [5.41, 5.74) is 1.11. The molecular formula is C9H10BrFO3S. The van der Waals surface area contributed by atoms with Crippen molar-refractivity contribution in [2.75, 3.05) is 5.75 Å². The lowest BCUT2D eigenvalue weighted by Gasteiger charge is -2.05. The first-order valence-corrected chi connectivity index (χ1v) is 6.59. The van der Waals surface area contributed by atoms with Crippen LogP contribution in [0.2, 0.25) is 0 Å². The molecule has 0 unspecified atom stereocenters. The van der Waals surface area contributed by atoms with Gasteiger partial charge >= 0.3 is 0 Å². The highest BCUT2D eigenvalue weighted by Gasteiger charge is 2.10. The highest BCUT2D eigenvalue weighted by atomic mass is 79.9. The summed E-state index contributed by atoms with van der Waals surface area (Å²) in [6.07, 6.45) is -0.0290. The summed E-state index contributed by atoms with van der Waals surface area (Å²) in [4.78, 5) is 0. The Balaban J connectivity index is 2.91. The molecule has 1 rings (SSSR count). The van der Waals surface area contributed by atoms with Gasteiger partial charge in [-0.3, -0.25) is 4.55 Å². The van der Waals surface area contributed by atoms with E-state index >= 15 is 0 Å². The summed E-state index contributed by atoms with van der Waals surface area (Å²) in [5.74, 6) is -0.943. The maximum absolute atomic E-state index is 13.3. The zero-order chi connectivity index (χ0) is 11.6. The number of hydrogen-bond donors (Lipinski definition) is 1. The van der Waals surface area contributed by atoms with Crippen molar-refractivity contribution in [3.8, 4) is 0 Å². The molecular weight excluding hydrogens is 287 g/mol. The van der Waals surface area contributed by atoms with E-state index in [0.29, 0.717) is 4.47 Å². The first-order chi connectivity index (χ1) is 6.79. The molecule has 1 aromatic rings. The predicted molar refractivity (Wildman–Crippen MR) is 59.0 cm³/mol. The Morgan fingerprint density at radius 3 is 2.60 bits per heavy atom. The van der Waals surface area contributed by atoms with Gasteiger partial charge in [-0.15, -0.1) is 0 Å². The van der Waals surface area contributed by atoms with E-state index in [1.165, 1.54) is 6.07 Å². The topological polar surface area (TPSA) is 54.4 Å². The Bertz CT molecular complexity index is 470. The van der Waals surface area contributed by atoms with Crippen LogP contribution in [-0.4, -0.2) is 18.7 Å². The largest absolute Gasteiger partial charge is 0.286 e. The quantitative estimate of drug-likeness (QED) is 0.871. The summed E-state index contributed by atoms with van der Waals surface area (Å²) >= 11 is 3.16. The van der Waals surface area contributed by atoms with E-state index in [0.717, 1.165) is 5.56 Å². The summed E-state index contributed by atoms with van der Waals surface area (Å²) in [6.45, 7) is 1.78. The highest BCUT2D eigenvalue weighted by molar-refractivity contribution is 9.10. The molecule has 6 heteroatoms. The molecule has 3 nitrogen and oxygen atoms in total. The zero-order valence-corrected chi connectivity index (χ0v) is 10.4. The van der Waals surface area contributed by atoms with Gasteiger partial charge in [-0.1, -0.05) is 22.0 Å². The van der Waals surface area contributed by atoms with Crippen molar-refractivity contribution in [2.45, 2.75) is 13.3 Å². The van der Waals surface area contributed by atoms with E-state index in [-0.39, 0.29) is 12.0 Å². The Kier molecular flexibility index (Phi) is 3.86. The Hall–Kier alpha value is -0.460. The standard InChI is InChI=1S/C9H10BrFO3S/c1-6-4-7(2-3-15(12,13)14)9(11)5-8(6)10/h4-5H,2-3H2,1H3,(H,12,13,14). The van der Waals surface area contributed by atoms with Crippen molar-refractivity contribution in [1.82, 2.24) is 0 Å². The summed E-state index contributed by atoms with van der Waals surface area (Å²) in [7, 11) is -4.04. The molecule has 0 aliphatic carbocycles. The fraction of sp³-hybridized carbons (Fsp3) is 0.333. The van der Waals surface area contributed by atoms with Crippen molar-refractivity contribution in [3.05, 3.63) is 33.5 Å². The first kappa shape index (κ1) is 12.6. The number of benzene rings is 1. The van der Waals surface area contributed by atoms with Gasteiger partial charge in [-0.05, 0) is 30.5 Å². The lowest BCUT2D eigenvalue weighted by Crippen LogP contribution is -2.08. The van der Waals surface area contributed by atoms with Crippen LogP contribution < -0.4 is 0 Å². The van der Waals surface area contributed by atoms with Gasteiger partial charge in [-0.2, -0.15) is 8.42 Å². The first-order valence-electron chi connectivity index (χ1n) is 4.19. The third-order valence-corrected chi connectivity index (χ3v) is 3.53. The fourth-order valence-corrected chi connectivity index (χ4v) is 1.94. The summed E-state index contributed by atoms with van der Waals surface area (Å²) in [6, 6.07) is 2.85. The van der Waals surface area contributed by atoms with Crippen LogP contribution in [0.15, 0.2) is 16.6 Å². The van der Waals surface area contributed by atoms with Crippen LogP contribution in [0, 0.1) is 12.7 Å². The zero-order valence-electron chi connectivity index (χ0n) is 8.00. The molecule has 0 amide bonds. The lowest BCUT2D eigenvalue weighted by atomic mass is 10.1. The molecule has 0 saturated heterocycles. The number of rotatable bonds is 3. The molecule has 1 aromatic carbocycles. The van der Waals surface area contributed by atoms with Gasteiger partial charge in [0.15, 0.2) is 0 Å². The molecule has 84 valence electrons. The number of hydrogen-bond acceptors (Lipinski definition) is 2. The van der Waals surface area contributed by atoms with Gasteiger partial charge in [0.1, 0.15) is 5.82 Å². The minimum atomic E-state index is -4.04. The smallest absolute Gasteiger partial charge is 0.265 e. The number of aryl methyl sites for hydroxylation is 2. The Labute approximate surface area is 96.2 Å². The van der Waals surface area contributed by atoms with E-state index in [1.54, 1.807) is 13.0 Å². The minimum absolute atomic E-state index is 0.0290. The lowest BCUT2D eigenvalue weighted by molar-refractivity contribution is 0.482. The van der Waals surface area contributed by atoms with Gasteiger partial charge < -0.3 is 0 Å². The van der Waals surface area contributed by atoms with Gasteiger partial charge in [0.2, 0.25) is 0 Å². The van der Waals surface area contributed by atoms with Crippen LogP contribution in [0.5, 0.6) is 0 Å². The van der Waals surface area contributed by atoms with Crippen molar-refractivity contribution in [3.63, 3.8) is 0 Å².